The van der Waals surface area contributed by atoms with Crippen molar-refractivity contribution in [2.24, 2.45) is 0 Å². The van der Waals surface area contributed by atoms with Gasteiger partial charge in [0.05, 0.1) is 18.2 Å². The molecule has 0 aliphatic carbocycles. The van der Waals surface area contributed by atoms with E-state index in [0.29, 0.717) is 43.1 Å². The number of amides is 1. The van der Waals surface area contributed by atoms with Gasteiger partial charge >= 0.3 is 0 Å². The molecule has 1 amide bonds. The smallest absolute Gasteiger partial charge is 0.295 e. The third-order valence-electron chi connectivity index (χ3n) is 6.83. The minimum Gasteiger partial charge on any atom is -0.507 e. The van der Waals surface area contributed by atoms with Crippen molar-refractivity contribution in [1.29, 1.82) is 0 Å². The highest BCUT2D eigenvalue weighted by molar-refractivity contribution is 6.46. The van der Waals surface area contributed by atoms with Crippen LogP contribution in [-0.2, 0) is 16.2 Å². The van der Waals surface area contributed by atoms with E-state index < -0.39 is 17.7 Å². The zero-order valence-electron chi connectivity index (χ0n) is 23.4. The number of ketones is 1. The summed E-state index contributed by atoms with van der Waals surface area (Å²) in [7, 11) is 3.88. The largest absolute Gasteiger partial charge is 0.507 e. The van der Waals surface area contributed by atoms with Gasteiger partial charge in [0.25, 0.3) is 11.7 Å². The number of rotatable bonds is 11. The highest BCUT2D eigenvalue weighted by Gasteiger charge is 2.46. The second-order valence-corrected chi connectivity index (χ2v) is 10.1. The number of aromatic hydroxyl groups is 1. The van der Waals surface area contributed by atoms with Crippen LogP contribution in [0.25, 0.3) is 5.76 Å². The number of aliphatic hydroxyl groups is 1. The van der Waals surface area contributed by atoms with Gasteiger partial charge in [0, 0.05) is 12.1 Å². The molecular formula is C32H36N2O6. The van der Waals surface area contributed by atoms with Gasteiger partial charge in [0.1, 0.15) is 18.1 Å². The van der Waals surface area contributed by atoms with Crippen molar-refractivity contribution in [1.82, 2.24) is 9.80 Å². The quantitative estimate of drug-likeness (QED) is 0.198. The average Bonchev–Trinajstić information content (AvgIpc) is 3.18. The minimum absolute atomic E-state index is 0.000320. The van der Waals surface area contributed by atoms with Crippen LogP contribution in [0.2, 0.25) is 0 Å². The zero-order chi connectivity index (χ0) is 28.8. The Bertz CT molecular complexity index is 1400. The van der Waals surface area contributed by atoms with Gasteiger partial charge in [-0.2, -0.15) is 0 Å². The molecule has 1 heterocycles. The molecule has 1 unspecified atom stereocenters. The fourth-order valence-corrected chi connectivity index (χ4v) is 4.84. The Morgan fingerprint density at radius 3 is 2.40 bits per heavy atom. The van der Waals surface area contributed by atoms with Gasteiger partial charge in [0.15, 0.2) is 11.5 Å². The summed E-state index contributed by atoms with van der Waals surface area (Å²) >= 11 is 0. The summed E-state index contributed by atoms with van der Waals surface area (Å²) in [5, 5.41) is 21.7. The number of Topliss-reactive ketones (excluding diaryl/α,β-unsaturated/α-hetero) is 1. The molecule has 1 aliphatic heterocycles. The fraction of sp³-hybridized carbons (Fsp3) is 0.312. The summed E-state index contributed by atoms with van der Waals surface area (Å²) < 4.78 is 11.5. The van der Waals surface area contributed by atoms with Crippen molar-refractivity contribution in [3.63, 3.8) is 0 Å². The van der Waals surface area contributed by atoms with Gasteiger partial charge in [-0.15, -0.1) is 0 Å². The third-order valence-corrected chi connectivity index (χ3v) is 6.83. The standard InChI is InChI=1S/C32H36N2O6/c1-5-39-27-19-23(12-14-25(27)35)29-28(31(37)32(38)34(29)17-9-16-33(3)4)30(36)24-13-15-26(21(2)18-24)40-20-22-10-7-6-8-11-22/h6-8,10-15,18-19,29,35-36H,5,9,16-17,20H2,1-4H3/b30-28+. The highest BCUT2D eigenvalue weighted by Crippen LogP contribution is 2.42. The van der Waals surface area contributed by atoms with Crippen molar-refractivity contribution < 1.29 is 29.3 Å². The predicted molar refractivity (Wildman–Crippen MR) is 153 cm³/mol. The maximum absolute atomic E-state index is 13.4. The number of phenols is 1. The van der Waals surface area contributed by atoms with Crippen molar-refractivity contribution in [2.75, 3.05) is 33.8 Å². The number of hydrogen-bond acceptors (Lipinski definition) is 7. The number of ether oxygens (including phenoxy) is 2. The number of nitrogens with zero attached hydrogens (tertiary/aromatic N) is 2. The molecule has 8 heteroatoms. The minimum atomic E-state index is -0.837. The Morgan fingerprint density at radius 2 is 1.73 bits per heavy atom. The van der Waals surface area contributed by atoms with E-state index in [-0.39, 0.29) is 22.8 Å². The first-order valence-corrected chi connectivity index (χ1v) is 13.4. The first-order valence-electron chi connectivity index (χ1n) is 13.4. The molecule has 0 radical (unpaired) electrons. The van der Waals surface area contributed by atoms with Gasteiger partial charge in [-0.05, 0) is 87.9 Å². The normalized spacial score (nSPS) is 16.5. The molecule has 1 atom stereocenters. The van der Waals surface area contributed by atoms with E-state index in [2.05, 4.69) is 0 Å². The van der Waals surface area contributed by atoms with E-state index in [0.717, 1.165) is 17.7 Å². The Hall–Kier alpha value is -4.30. The average molecular weight is 545 g/mol. The zero-order valence-corrected chi connectivity index (χ0v) is 23.4. The Morgan fingerprint density at radius 1 is 0.975 bits per heavy atom. The molecule has 3 aromatic carbocycles. The van der Waals surface area contributed by atoms with Crippen molar-refractivity contribution in [2.45, 2.75) is 32.9 Å². The van der Waals surface area contributed by atoms with Crippen LogP contribution in [0.3, 0.4) is 0 Å². The monoisotopic (exact) mass is 544 g/mol. The molecule has 0 bridgehead atoms. The SMILES string of the molecule is CCOc1cc(C2/C(=C(\O)c3ccc(OCc4ccccc4)c(C)c3)C(=O)C(=O)N2CCCN(C)C)ccc1O. The van der Waals surface area contributed by atoms with Crippen LogP contribution >= 0.6 is 0 Å². The number of likely N-dealkylation sites (tertiary alicyclic amines) is 1. The Balaban J connectivity index is 1.72. The number of phenolic OH excluding ortho intramolecular Hbond substituents is 1. The molecule has 0 aromatic heterocycles. The molecule has 1 aliphatic rings. The van der Waals surface area contributed by atoms with Crippen LogP contribution in [-0.4, -0.2) is 65.5 Å². The molecule has 3 aromatic rings. The number of aryl methyl sites for hydroxylation is 1. The van der Waals surface area contributed by atoms with Gasteiger partial charge in [-0.25, -0.2) is 0 Å². The lowest BCUT2D eigenvalue weighted by molar-refractivity contribution is -0.139. The van der Waals surface area contributed by atoms with Gasteiger partial charge < -0.3 is 29.5 Å². The summed E-state index contributed by atoms with van der Waals surface area (Å²) in [6.07, 6.45) is 0.638. The van der Waals surface area contributed by atoms with E-state index in [9.17, 15) is 19.8 Å². The molecule has 1 saturated heterocycles. The van der Waals surface area contributed by atoms with Crippen molar-refractivity contribution in [3.8, 4) is 17.2 Å². The third kappa shape index (κ3) is 6.29. The summed E-state index contributed by atoms with van der Waals surface area (Å²) in [6, 6.07) is 18.9. The lowest BCUT2D eigenvalue weighted by Crippen LogP contribution is -2.32. The number of aliphatic hydroxyl groups excluding tert-OH is 1. The molecule has 0 saturated carbocycles. The van der Waals surface area contributed by atoms with E-state index in [1.165, 1.54) is 11.0 Å². The Labute approximate surface area is 235 Å². The molecular weight excluding hydrogens is 508 g/mol. The van der Waals surface area contributed by atoms with E-state index in [1.54, 1.807) is 37.3 Å². The van der Waals surface area contributed by atoms with E-state index in [1.807, 2.05) is 56.3 Å². The van der Waals surface area contributed by atoms with Crippen molar-refractivity contribution >= 4 is 17.4 Å². The van der Waals surface area contributed by atoms with Gasteiger partial charge in [0.2, 0.25) is 0 Å². The second kappa shape index (κ2) is 12.7. The Kier molecular flexibility index (Phi) is 9.11. The number of carbonyl (C=O) groups excluding carboxylic acids is 2. The maximum atomic E-state index is 13.4. The summed E-state index contributed by atoms with van der Waals surface area (Å²) in [5.41, 5.74) is 2.78. The van der Waals surface area contributed by atoms with Crippen LogP contribution in [0.15, 0.2) is 72.3 Å². The molecule has 8 nitrogen and oxygen atoms in total. The van der Waals surface area contributed by atoms with E-state index >= 15 is 0 Å². The second-order valence-electron chi connectivity index (χ2n) is 10.1. The molecule has 210 valence electrons. The number of benzene rings is 3. The molecule has 0 spiro atoms. The van der Waals surface area contributed by atoms with E-state index in [4.69, 9.17) is 9.47 Å². The van der Waals surface area contributed by atoms with Gasteiger partial charge in [-0.3, -0.25) is 9.59 Å². The highest BCUT2D eigenvalue weighted by atomic mass is 16.5. The van der Waals surface area contributed by atoms with Crippen LogP contribution in [0.1, 0.15) is 41.6 Å². The topological polar surface area (TPSA) is 99.5 Å². The lowest BCUT2D eigenvalue weighted by Gasteiger charge is -2.26. The first-order chi connectivity index (χ1) is 19.2. The summed E-state index contributed by atoms with van der Waals surface area (Å²) in [4.78, 5) is 30.1. The predicted octanol–water partition coefficient (Wildman–Crippen LogP) is 5.05. The van der Waals surface area contributed by atoms with Crippen LogP contribution < -0.4 is 9.47 Å². The van der Waals surface area contributed by atoms with Crippen LogP contribution in [0.4, 0.5) is 0 Å². The molecule has 4 rings (SSSR count). The molecule has 2 N–H and O–H groups in total. The van der Waals surface area contributed by atoms with Gasteiger partial charge in [-0.1, -0.05) is 36.4 Å². The van der Waals surface area contributed by atoms with Crippen molar-refractivity contribution in [3.05, 3.63) is 94.6 Å². The molecule has 40 heavy (non-hydrogen) atoms. The fourth-order valence-electron chi connectivity index (χ4n) is 4.84. The first kappa shape index (κ1) is 28.7. The van der Waals surface area contributed by atoms with Crippen LogP contribution in [0, 0.1) is 6.92 Å². The maximum Gasteiger partial charge on any atom is 0.295 e. The lowest BCUT2D eigenvalue weighted by atomic mass is 9.94. The number of carbonyl (C=O) groups is 2. The molecule has 1 fully saturated rings. The van der Waals surface area contributed by atoms with Crippen LogP contribution in [0.5, 0.6) is 17.2 Å². The summed E-state index contributed by atoms with van der Waals surface area (Å²) in [6.45, 7) is 5.43. The summed E-state index contributed by atoms with van der Waals surface area (Å²) in [5.74, 6) is -0.828. The number of hydrogen-bond donors (Lipinski definition) is 2.